The molecule has 18 heavy (non-hydrogen) atoms. The van der Waals surface area contributed by atoms with Crippen LogP contribution in [0, 0.1) is 11.3 Å². The number of nitrogens with one attached hydrogen (secondary N) is 1. The topological polar surface area (TPSA) is 39.1 Å². The van der Waals surface area contributed by atoms with Crippen LogP contribution < -0.4 is 5.32 Å². The van der Waals surface area contributed by atoms with Gasteiger partial charge in [-0.3, -0.25) is 4.90 Å². The normalized spacial score (nSPS) is 20.6. The number of hydrogen-bond acceptors (Lipinski definition) is 3. The van der Waals surface area contributed by atoms with Crippen molar-refractivity contribution in [2.24, 2.45) is 0 Å². The minimum atomic E-state index is 0.607. The molecule has 1 aromatic rings. The van der Waals surface area contributed by atoms with E-state index in [1.807, 2.05) is 25.2 Å². The molecule has 0 bridgehead atoms. The van der Waals surface area contributed by atoms with E-state index in [9.17, 15) is 0 Å². The maximum Gasteiger partial charge on any atom is 0.0995 e. The van der Waals surface area contributed by atoms with Crippen LogP contribution in [0.2, 0.25) is 0 Å². The van der Waals surface area contributed by atoms with Crippen molar-refractivity contribution in [1.29, 1.82) is 5.26 Å². The van der Waals surface area contributed by atoms with Gasteiger partial charge in [-0.2, -0.15) is 5.26 Å². The summed E-state index contributed by atoms with van der Waals surface area (Å²) in [5.74, 6) is 0. The summed E-state index contributed by atoms with van der Waals surface area (Å²) in [6.45, 7) is 3.08. The van der Waals surface area contributed by atoms with Crippen molar-refractivity contribution in [2.45, 2.75) is 31.8 Å². The Labute approximate surface area is 109 Å². The van der Waals surface area contributed by atoms with Crippen molar-refractivity contribution in [3.63, 3.8) is 0 Å². The Balaban J connectivity index is 2.09. The van der Waals surface area contributed by atoms with Crippen LogP contribution in [0.15, 0.2) is 24.3 Å². The maximum atomic E-state index is 9.14. The summed E-state index contributed by atoms with van der Waals surface area (Å²) >= 11 is 0. The lowest BCUT2D eigenvalue weighted by Crippen LogP contribution is -2.44. The number of benzene rings is 1. The van der Waals surface area contributed by atoms with Crippen LogP contribution in [-0.2, 0) is 6.54 Å². The van der Waals surface area contributed by atoms with Gasteiger partial charge in [0.2, 0.25) is 0 Å². The van der Waals surface area contributed by atoms with E-state index in [4.69, 9.17) is 5.26 Å². The largest absolute Gasteiger partial charge is 0.318 e. The number of nitriles is 1. The molecule has 2 rings (SSSR count). The second kappa shape index (κ2) is 6.53. The third-order valence-corrected chi connectivity index (χ3v) is 3.70. The Hall–Kier alpha value is -1.37. The van der Waals surface area contributed by atoms with Gasteiger partial charge in [-0.25, -0.2) is 0 Å². The molecule has 3 nitrogen and oxygen atoms in total. The van der Waals surface area contributed by atoms with Gasteiger partial charge in [-0.15, -0.1) is 0 Å². The zero-order chi connectivity index (χ0) is 12.8. The average Bonchev–Trinajstić information content (AvgIpc) is 2.42. The SMILES string of the molecule is CNCC1CCCCN1Cc1ccccc1C#N. The first kappa shape index (κ1) is 13.1. The number of nitrogens with zero attached hydrogens (tertiary/aromatic N) is 2. The summed E-state index contributed by atoms with van der Waals surface area (Å²) in [7, 11) is 2.01. The highest BCUT2D eigenvalue weighted by Crippen LogP contribution is 2.20. The molecular formula is C15H21N3. The van der Waals surface area contributed by atoms with E-state index in [0.717, 1.165) is 30.8 Å². The van der Waals surface area contributed by atoms with Gasteiger partial charge in [0.15, 0.2) is 0 Å². The van der Waals surface area contributed by atoms with Gasteiger partial charge in [0.05, 0.1) is 11.6 Å². The molecule has 0 saturated carbocycles. The van der Waals surface area contributed by atoms with Gasteiger partial charge in [0.1, 0.15) is 0 Å². The first-order valence-electron chi connectivity index (χ1n) is 6.72. The van der Waals surface area contributed by atoms with Gasteiger partial charge in [-0.05, 0) is 38.1 Å². The van der Waals surface area contributed by atoms with Crippen molar-refractivity contribution in [2.75, 3.05) is 20.1 Å². The Morgan fingerprint density at radius 2 is 2.22 bits per heavy atom. The molecule has 1 saturated heterocycles. The molecule has 3 heteroatoms. The van der Waals surface area contributed by atoms with Crippen LogP contribution >= 0.6 is 0 Å². The number of likely N-dealkylation sites (N-methyl/N-ethyl adjacent to an activating group) is 1. The smallest absolute Gasteiger partial charge is 0.0995 e. The van der Waals surface area contributed by atoms with Crippen LogP contribution in [-0.4, -0.2) is 31.1 Å². The van der Waals surface area contributed by atoms with Crippen molar-refractivity contribution in [3.05, 3.63) is 35.4 Å². The van der Waals surface area contributed by atoms with E-state index in [1.54, 1.807) is 0 Å². The van der Waals surface area contributed by atoms with Gasteiger partial charge in [-0.1, -0.05) is 24.6 Å². The molecule has 96 valence electrons. The van der Waals surface area contributed by atoms with Crippen molar-refractivity contribution < 1.29 is 0 Å². The molecule has 0 aromatic heterocycles. The van der Waals surface area contributed by atoms with Gasteiger partial charge in [0, 0.05) is 19.1 Å². The quantitative estimate of drug-likeness (QED) is 0.880. The fourth-order valence-corrected chi connectivity index (χ4v) is 2.72. The lowest BCUT2D eigenvalue weighted by molar-refractivity contribution is 0.139. The van der Waals surface area contributed by atoms with Crippen molar-refractivity contribution in [3.8, 4) is 6.07 Å². The Bertz CT molecular complexity index is 420. The monoisotopic (exact) mass is 243 g/mol. The summed E-state index contributed by atoms with van der Waals surface area (Å²) in [5, 5.41) is 12.4. The second-order valence-corrected chi connectivity index (χ2v) is 4.95. The van der Waals surface area contributed by atoms with Crippen LogP contribution in [0.5, 0.6) is 0 Å². The molecular weight excluding hydrogens is 222 g/mol. The zero-order valence-corrected chi connectivity index (χ0v) is 11.0. The highest BCUT2D eigenvalue weighted by molar-refractivity contribution is 5.37. The van der Waals surface area contributed by atoms with Crippen LogP contribution in [0.4, 0.5) is 0 Å². The van der Waals surface area contributed by atoms with E-state index < -0.39 is 0 Å². The number of likely N-dealkylation sites (tertiary alicyclic amines) is 1. The van der Waals surface area contributed by atoms with Crippen LogP contribution in [0.25, 0.3) is 0 Å². The lowest BCUT2D eigenvalue weighted by atomic mass is 10.00. The fourth-order valence-electron chi connectivity index (χ4n) is 2.72. The van der Waals surface area contributed by atoms with Crippen LogP contribution in [0.1, 0.15) is 30.4 Å². The summed E-state index contributed by atoms with van der Waals surface area (Å²) in [4.78, 5) is 2.51. The first-order valence-corrected chi connectivity index (χ1v) is 6.72. The van der Waals surface area contributed by atoms with Crippen molar-refractivity contribution >= 4 is 0 Å². The molecule has 1 aromatic carbocycles. The van der Waals surface area contributed by atoms with E-state index in [-0.39, 0.29) is 0 Å². The molecule has 0 spiro atoms. The third kappa shape index (κ3) is 3.10. The molecule has 1 aliphatic heterocycles. The molecule has 1 aliphatic rings. The van der Waals surface area contributed by atoms with Gasteiger partial charge < -0.3 is 5.32 Å². The Morgan fingerprint density at radius 1 is 1.39 bits per heavy atom. The highest BCUT2D eigenvalue weighted by atomic mass is 15.2. The maximum absolute atomic E-state index is 9.14. The molecule has 0 radical (unpaired) electrons. The summed E-state index contributed by atoms with van der Waals surface area (Å²) in [5.41, 5.74) is 1.97. The number of hydrogen-bond donors (Lipinski definition) is 1. The molecule has 1 heterocycles. The second-order valence-electron chi connectivity index (χ2n) is 4.95. The fraction of sp³-hybridized carbons (Fsp3) is 0.533. The molecule has 1 atom stereocenters. The number of piperidine rings is 1. The molecule has 1 unspecified atom stereocenters. The molecule has 1 N–H and O–H groups in total. The number of rotatable bonds is 4. The molecule has 0 aliphatic carbocycles. The Morgan fingerprint density at radius 3 is 3.00 bits per heavy atom. The molecule has 1 fully saturated rings. The van der Waals surface area contributed by atoms with Crippen LogP contribution in [0.3, 0.4) is 0 Å². The van der Waals surface area contributed by atoms with Crippen molar-refractivity contribution in [1.82, 2.24) is 10.2 Å². The standard InChI is InChI=1S/C15H21N3/c1-17-11-15-8-4-5-9-18(15)12-14-7-3-2-6-13(14)10-16/h2-3,6-7,15,17H,4-5,8-9,11-12H2,1H3. The predicted octanol–water partition coefficient (Wildman–Crippen LogP) is 2.13. The first-order chi connectivity index (χ1) is 8.85. The van der Waals surface area contributed by atoms with E-state index in [0.29, 0.717) is 6.04 Å². The Kier molecular flexibility index (Phi) is 4.74. The lowest BCUT2D eigenvalue weighted by Gasteiger charge is -2.35. The minimum absolute atomic E-state index is 0.607. The summed E-state index contributed by atoms with van der Waals surface area (Å²) in [6, 6.07) is 10.8. The van der Waals surface area contributed by atoms with E-state index in [2.05, 4.69) is 22.4 Å². The predicted molar refractivity (Wildman–Crippen MR) is 73.1 cm³/mol. The third-order valence-electron chi connectivity index (χ3n) is 3.70. The zero-order valence-electron chi connectivity index (χ0n) is 11.0. The summed E-state index contributed by atoms with van der Waals surface area (Å²) < 4.78 is 0. The molecule has 0 amide bonds. The highest BCUT2D eigenvalue weighted by Gasteiger charge is 2.22. The van der Waals surface area contributed by atoms with Gasteiger partial charge in [0.25, 0.3) is 0 Å². The average molecular weight is 243 g/mol. The van der Waals surface area contributed by atoms with E-state index >= 15 is 0 Å². The minimum Gasteiger partial charge on any atom is -0.318 e. The van der Waals surface area contributed by atoms with Gasteiger partial charge >= 0.3 is 0 Å². The van der Waals surface area contributed by atoms with E-state index in [1.165, 1.54) is 19.3 Å². The summed E-state index contributed by atoms with van der Waals surface area (Å²) in [6.07, 6.45) is 3.85.